The third-order valence-corrected chi connectivity index (χ3v) is 4.52. The Hall–Kier alpha value is -1.32. The molecule has 2 nitrogen and oxygen atoms in total. The minimum absolute atomic E-state index is 0.134. The van der Waals surface area contributed by atoms with Crippen molar-refractivity contribution in [3.05, 3.63) is 53.6 Å². The van der Waals surface area contributed by atoms with Crippen LogP contribution in [-0.2, 0) is 15.5 Å². The van der Waals surface area contributed by atoms with Gasteiger partial charge in [-0.3, -0.25) is 0 Å². The first-order valence-corrected chi connectivity index (χ1v) is 8.37. The Morgan fingerprint density at radius 1 is 1.05 bits per heavy atom. The number of hydrogen-bond acceptors (Lipinski definition) is 2. The van der Waals surface area contributed by atoms with Crippen LogP contribution >= 0.6 is 10.7 Å². The molecule has 0 spiro atoms. The van der Waals surface area contributed by atoms with E-state index in [-0.39, 0.29) is 4.90 Å². The van der Waals surface area contributed by atoms with Crippen molar-refractivity contribution in [3.63, 3.8) is 0 Å². The van der Waals surface area contributed by atoms with Gasteiger partial charge in [0.15, 0.2) is 0 Å². The highest BCUT2D eigenvalue weighted by Gasteiger charge is 2.12. The van der Waals surface area contributed by atoms with Crippen molar-refractivity contribution in [2.45, 2.75) is 25.2 Å². The molecule has 0 aliphatic carbocycles. The molecule has 0 radical (unpaired) electrons. The van der Waals surface area contributed by atoms with E-state index in [1.54, 1.807) is 12.1 Å². The van der Waals surface area contributed by atoms with E-state index < -0.39 is 9.05 Å². The van der Waals surface area contributed by atoms with E-state index in [4.69, 9.17) is 10.7 Å². The van der Waals surface area contributed by atoms with Crippen LogP contribution in [-0.4, -0.2) is 8.42 Å². The molecule has 0 bridgehead atoms. The van der Waals surface area contributed by atoms with Gasteiger partial charge < -0.3 is 0 Å². The van der Waals surface area contributed by atoms with Gasteiger partial charge in [0, 0.05) is 10.7 Å². The third-order valence-electron chi connectivity index (χ3n) is 3.16. The van der Waals surface area contributed by atoms with Crippen molar-refractivity contribution in [2.75, 3.05) is 0 Å². The SMILES string of the molecule is CCc1ccc(-c2cc(S(=O)(=O)Cl)ccc2C)cc1. The standard InChI is InChI=1S/C15H15ClO2S/c1-3-12-5-7-13(8-6-12)15-10-14(19(16,17)18)9-4-11(15)2/h4-10H,3H2,1-2H3. The Morgan fingerprint density at radius 2 is 1.68 bits per heavy atom. The van der Waals surface area contributed by atoms with Crippen molar-refractivity contribution >= 4 is 19.7 Å². The van der Waals surface area contributed by atoms with E-state index in [1.165, 1.54) is 11.6 Å². The van der Waals surface area contributed by atoms with Crippen molar-refractivity contribution in [3.8, 4) is 11.1 Å². The summed E-state index contributed by atoms with van der Waals surface area (Å²) in [6, 6.07) is 13.0. The van der Waals surface area contributed by atoms with Crippen LogP contribution < -0.4 is 0 Å². The molecule has 2 aromatic rings. The van der Waals surface area contributed by atoms with Crippen LogP contribution in [0.2, 0.25) is 0 Å². The lowest BCUT2D eigenvalue weighted by molar-refractivity contribution is 0.609. The van der Waals surface area contributed by atoms with Gasteiger partial charge in [-0.05, 0) is 47.7 Å². The summed E-state index contributed by atoms with van der Waals surface area (Å²) >= 11 is 0. The average Bonchev–Trinajstić information content (AvgIpc) is 2.38. The molecule has 0 aliphatic heterocycles. The lowest BCUT2D eigenvalue weighted by Crippen LogP contribution is -1.93. The lowest BCUT2D eigenvalue weighted by Gasteiger charge is -2.08. The molecule has 2 rings (SSSR count). The highest BCUT2D eigenvalue weighted by Crippen LogP contribution is 2.28. The van der Waals surface area contributed by atoms with Crippen LogP contribution in [0.25, 0.3) is 11.1 Å². The number of benzene rings is 2. The summed E-state index contributed by atoms with van der Waals surface area (Å²) in [7, 11) is 1.70. The van der Waals surface area contributed by atoms with Crippen LogP contribution in [0.5, 0.6) is 0 Å². The maximum Gasteiger partial charge on any atom is 0.261 e. The molecule has 2 aromatic carbocycles. The molecule has 19 heavy (non-hydrogen) atoms. The summed E-state index contributed by atoms with van der Waals surface area (Å²) in [5, 5.41) is 0. The van der Waals surface area contributed by atoms with E-state index in [9.17, 15) is 8.42 Å². The highest BCUT2D eigenvalue weighted by atomic mass is 35.7. The summed E-state index contributed by atoms with van der Waals surface area (Å²) in [5.41, 5.74) is 4.16. The van der Waals surface area contributed by atoms with Crippen LogP contribution in [0.3, 0.4) is 0 Å². The minimum Gasteiger partial charge on any atom is -0.207 e. The monoisotopic (exact) mass is 294 g/mol. The molecule has 0 saturated carbocycles. The van der Waals surface area contributed by atoms with E-state index in [2.05, 4.69) is 19.1 Å². The molecule has 0 amide bonds. The molecular formula is C15H15ClO2S. The van der Waals surface area contributed by atoms with Gasteiger partial charge in [-0.1, -0.05) is 37.3 Å². The number of halogens is 1. The maximum absolute atomic E-state index is 11.4. The predicted molar refractivity (Wildman–Crippen MR) is 79.0 cm³/mol. The molecule has 0 aliphatic rings. The lowest BCUT2D eigenvalue weighted by atomic mass is 9.99. The number of aryl methyl sites for hydroxylation is 2. The Bertz CT molecular complexity index is 689. The largest absolute Gasteiger partial charge is 0.261 e. The van der Waals surface area contributed by atoms with Gasteiger partial charge in [0.2, 0.25) is 0 Å². The zero-order valence-corrected chi connectivity index (χ0v) is 12.4. The fraction of sp³-hybridized carbons (Fsp3) is 0.200. The Balaban J connectivity index is 2.54. The van der Waals surface area contributed by atoms with Crippen LogP contribution in [0.4, 0.5) is 0 Å². The zero-order valence-electron chi connectivity index (χ0n) is 10.9. The number of hydrogen-bond donors (Lipinski definition) is 0. The summed E-state index contributed by atoms with van der Waals surface area (Å²) in [6.45, 7) is 4.05. The molecule has 0 saturated heterocycles. The van der Waals surface area contributed by atoms with Gasteiger partial charge in [-0.2, -0.15) is 0 Å². The fourth-order valence-electron chi connectivity index (χ4n) is 1.98. The molecule has 0 fully saturated rings. The Morgan fingerprint density at radius 3 is 2.21 bits per heavy atom. The summed E-state index contributed by atoms with van der Waals surface area (Å²) in [4.78, 5) is 0.134. The van der Waals surface area contributed by atoms with Gasteiger partial charge in [-0.15, -0.1) is 0 Å². The first-order valence-electron chi connectivity index (χ1n) is 6.06. The first kappa shape index (κ1) is 14.1. The third kappa shape index (κ3) is 3.17. The van der Waals surface area contributed by atoms with Crippen molar-refractivity contribution in [1.82, 2.24) is 0 Å². The molecule has 0 unspecified atom stereocenters. The van der Waals surface area contributed by atoms with Gasteiger partial charge in [0.25, 0.3) is 9.05 Å². The van der Waals surface area contributed by atoms with Crippen LogP contribution in [0, 0.1) is 6.92 Å². The molecule has 0 atom stereocenters. The van der Waals surface area contributed by atoms with Crippen molar-refractivity contribution in [1.29, 1.82) is 0 Å². The Kier molecular flexibility index (Phi) is 3.97. The molecule has 100 valence electrons. The molecule has 0 N–H and O–H groups in total. The van der Waals surface area contributed by atoms with Gasteiger partial charge >= 0.3 is 0 Å². The summed E-state index contributed by atoms with van der Waals surface area (Å²) in [5.74, 6) is 0. The van der Waals surface area contributed by atoms with E-state index >= 15 is 0 Å². The zero-order chi connectivity index (χ0) is 14.0. The van der Waals surface area contributed by atoms with E-state index in [0.29, 0.717) is 0 Å². The van der Waals surface area contributed by atoms with E-state index in [0.717, 1.165) is 23.1 Å². The molecule has 0 aromatic heterocycles. The highest BCUT2D eigenvalue weighted by molar-refractivity contribution is 8.13. The molecular weight excluding hydrogens is 280 g/mol. The van der Waals surface area contributed by atoms with Crippen LogP contribution in [0.15, 0.2) is 47.4 Å². The molecule has 0 heterocycles. The topological polar surface area (TPSA) is 34.1 Å². The average molecular weight is 295 g/mol. The predicted octanol–water partition coefficient (Wildman–Crippen LogP) is 4.15. The van der Waals surface area contributed by atoms with Crippen molar-refractivity contribution < 1.29 is 8.42 Å². The van der Waals surface area contributed by atoms with Gasteiger partial charge in [-0.25, -0.2) is 8.42 Å². The quantitative estimate of drug-likeness (QED) is 0.797. The normalized spacial score (nSPS) is 11.5. The summed E-state index contributed by atoms with van der Waals surface area (Å²) in [6.07, 6.45) is 0.982. The van der Waals surface area contributed by atoms with Gasteiger partial charge in [0.05, 0.1) is 4.90 Å². The fourth-order valence-corrected chi connectivity index (χ4v) is 2.76. The second-order valence-electron chi connectivity index (χ2n) is 4.47. The van der Waals surface area contributed by atoms with E-state index in [1.807, 2.05) is 19.1 Å². The minimum atomic E-state index is -3.69. The summed E-state index contributed by atoms with van der Waals surface area (Å²) < 4.78 is 22.8. The smallest absolute Gasteiger partial charge is 0.207 e. The second-order valence-corrected chi connectivity index (χ2v) is 7.03. The number of rotatable bonds is 3. The maximum atomic E-state index is 11.4. The first-order chi connectivity index (χ1) is 8.91. The van der Waals surface area contributed by atoms with Gasteiger partial charge in [0.1, 0.15) is 0 Å². The van der Waals surface area contributed by atoms with Crippen LogP contribution in [0.1, 0.15) is 18.1 Å². The second kappa shape index (κ2) is 5.35. The molecule has 4 heteroatoms. The van der Waals surface area contributed by atoms with Crippen molar-refractivity contribution in [2.24, 2.45) is 0 Å². The Labute approximate surface area is 118 Å².